The van der Waals surface area contributed by atoms with Crippen LogP contribution in [0.3, 0.4) is 0 Å². The average Bonchev–Trinajstić information content (AvgIpc) is 2.64. The summed E-state index contributed by atoms with van der Waals surface area (Å²) < 4.78 is 5.27. The summed E-state index contributed by atoms with van der Waals surface area (Å²) in [6, 6.07) is 7.86. The van der Waals surface area contributed by atoms with Crippen molar-refractivity contribution >= 4 is 0 Å². The van der Waals surface area contributed by atoms with Crippen LogP contribution in [-0.4, -0.2) is 31.4 Å². The van der Waals surface area contributed by atoms with Gasteiger partial charge in [0, 0.05) is 24.6 Å². The molecule has 1 aliphatic rings. The Morgan fingerprint density at radius 2 is 2.14 bits per heavy atom. The number of nitrogens with one attached hydrogen (secondary N) is 1. The van der Waals surface area contributed by atoms with E-state index in [2.05, 4.69) is 5.32 Å². The minimum absolute atomic E-state index is 0.158. The molecule has 3 heteroatoms. The van der Waals surface area contributed by atoms with Gasteiger partial charge in [-0.3, -0.25) is 0 Å². The summed E-state index contributed by atoms with van der Waals surface area (Å²) in [6.45, 7) is 1.49. The van der Waals surface area contributed by atoms with E-state index in [-0.39, 0.29) is 12.0 Å². The molecular weight excluding hydrogens is 178 g/mol. The van der Waals surface area contributed by atoms with E-state index in [1.807, 2.05) is 24.3 Å². The molecule has 1 heterocycles. The molecule has 3 nitrogen and oxygen atoms in total. The smallest absolute Gasteiger partial charge is 0.122 e. The van der Waals surface area contributed by atoms with E-state index >= 15 is 0 Å². The van der Waals surface area contributed by atoms with Crippen molar-refractivity contribution in [1.29, 1.82) is 0 Å². The second kappa shape index (κ2) is 3.98. The van der Waals surface area contributed by atoms with Crippen molar-refractivity contribution in [3.05, 3.63) is 29.8 Å². The Balaban J connectivity index is 2.30. The van der Waals surface area contributed by atoms with Crippen molar-refractivity contribution in [2.45, 2.75) is 12.0 Å². The van der Waals surface area contributed by atoms with Crippen LogP contribution in [0.1, 0.15) is 11.5 Å². The lowest BCUT2D eigenvalue weighted by Gasteiger charge is -2.16. The van der Waals surface area contributed by atoms with Gasteiger partial charge in [0.25, 0.3) is 0 Å². The van der Waals surface area contributed by atoms with Crippen LogP contribution in [0.15, 0.2) is 24.3 Å². The topological polar surface area (TPSA) is 41.5 Å². The highest BCUT2D eigenvalue weighted by Crippen LogP contribution is 2.30. The first-order valence-electron chi connectivity index (χ1n) is 4.84. The van der Waals surface area contributed by atoms with Gasteiger partial charge < -0.3 is 15.2 Å². The molecule has 76 valence electrons. The molecule has 0 spiro atoms. The van der Waals surface area contributed by atoms with Crippen molar-refractivity contribution in [1.82, 2.24) is 5.32 Å². The minimum Gasteiger partial charge on any atom is -0.496 e. The Bertz CT molecular complexity index is 314. The van der Waals surface area contributed by atoms with Crippen LogP contribution in [0.5, 0.6) is 5.75 Å². The number of aliphatic hydroxyl groups is 1. The van der Waals surface area contributed by atoms with Crippen LogP contribution < -0.4 is 10.1 Å². The Morgan fingerprint density at radius 3 is 2.79 bits per heavy atom. The lowest BCUT2D eigenvalue weighted by Crippen LogP contribution is -2.16. The molecule has 1 saturated heterocycles. The molecule has 0 bridgehead atoms. The van der Waals surface area contributed by atoms with Gasteiger partial charge in [-0.2, -0.15) is 0 Å². The number of β-amino-alcohol motifs (C(OH)–C–C–N with tert-alkyl or cyclic N) is 1. The molecule has 1 aromatic carbocycles. The number of hydrogen-bond donors (Lipinski definition) is 2. The number of para-hydroxylation sites is 1. The van der Waals surface area contributed by atoms with Crippen LogP contribution in [0, 0.1) is 0 Å². The van der Waals surface area contributed by atoms with Gasteiger partial charge in [-0.25, -0.2) is 0 Å². The molecule has 0 saturated carbocycles. The Morgan fingerprint density at radius 1 is 1.36 bits per heavy atom. The van der Waals surface area contributed by atoms with Gasteiger partial charge in [-0.05, 0) is 6.07 Å². The molecule has 0 radical (unpaired) electrons. The van der Waals surface area contributed by atoms with E-state index < -0.39 is 0 Å². The highest BCUT2D eigenvalue weighted by molar-refractivity contribution is 5.37. The van der Waals surface area contributed by atoms with Gasteiger partial charge in [0.15, 0.2) is 0 Å². The predicted molar refractivity (Wildman–Crippen MR) is 54.6 cm³/mol. The van der Waals surface area contributed by atoms with E-state index in [0.717, 1.165) is 17.9 Å². The quantitative estimate of drug-likeness (QED) is 0.728. The summed E-state index contributed by atoms with van der Waals surface area (Å²) >= 11 is 0. The fourth-order valence-electron chi connectivity index (χ4n) is 1.95. The van der Waals surface area contributed by atoms with E-state index in [9.17, 15) is 5.11 Å². The molecule has 1 aromatic rings. The van der Waals surface area contributed by atoms with Crippen LogP contribution in [0.4, 0.5) is 0 Å². The number of hydrogen-bond acceptors (Lipinski definition) is 3. The third kappa shape index (κ3) is 1.61. The van der Waals surface area contributed by atoms with E-state index in [1.165, 1.54) is 0 Å². The first kappa shape index (κ1) is 9.49. The summed E-state index contributed by atoms with van der Waals surface area (Å²) in [6.07, 6.45) is -0.300. The summed E-state index contributed by atoms with van der Waals surface area (Å²) in [5.74, 6) is 1.02. The maximum Gasteiger partial charge on any atom is 0.122 e. The predicted octanol–water partition coefficient (Wildman–Crippen LogP) is 0.743. The number of ether oxygens (including phenoxy) is 1. The summed E-state index contributed by atoms with van der Waals surface area (Å²) in [5, 5.41) is 12.9. The summed E-state index contributed by atoms with van der Waals surface area (Å²) in [7, 11) is 1.66. The fourth-order valence-corrected chi connectivity index (χ4v) is 1.95. The molecule has 2 rings (SSSR count). The maximum atomic E-state index is 9.74. The van der Waals surface area contributed by atoms with Crippen LogP contribution in [0.2, 0.25) is 0 Å². The molecule has 1 fully saturated rings. The molecule has 0 aromatic heterocycles. The second-order valence-electron chi connectivity index (χ2n) is 3.57. The lowest BCUT2D eigenvalue weighted by atomic mass is 9.95. The monoisotopic (exact) mass is 193 g/mol. The van der Waals surface area contributed by atoms with Gasteiger partial charge in [0.2, 0.25) is 0 Å². The highest BCUT2D eigenvalue weighted by Gasteiger charge is 2.28. The zero-order valence-electron chi connectivity index (χ0n) is 8.23. The zero-order chi connectivity index (χ0) is 9.97. The second-order valence-corrected chi connectivity index (χ2v) is 3.57. The van der Waals surface area contributed by atoms with Gasteiger partial charge in [0.1, 0.15) is 5.75 Å². The normalized spacial score (nSPS) is 26.4. The lowest BCUT2D eigenvalue weighted by molar-refractivity contribution is 0.176. The Labute approximate surface area is 83.7 Å². The van der Waals surface area contributed by atoms with Crippen molar-refractivity contribution in [3.63, 3.8) is 0 Å². The van der Waals surface area contributed by atoms with Crippen molar-refractivity contribution in [3.8, 4) is 5.75 Å². The number of methoxy groups -OCH3 is 1. The van der Waals surface area contributed by atoms with Crippen molar-refractivity contribution in [2.75, 3.05) is 20.2 Å². The SMILES string of the molecule is COc1ccccc1C1CNCC1O. The molecule has 2 N–H and O–H groups in total. The fraction of sp³-hybridized carbons (Fsp3) is 0.455. The molecule has 0 amide bonds. The first-order chi connectivity index (χ1) is 6.83. The van der Waals surface area contributed by atoms with E-state index in [4.69, 9.17) is 4.74 Å². The van der Waals surface area contributed by atoms with Crippen molar-refractivity contribution < 1.29 is 9.84 Å². The van der Waals surface area contributed by atoms with E-state index in [1.54, 1.807) is 7.11 Å². The Kier molecular flexibility index (Phi) is 2.70. The zero-order valence-corrected chi connectivity index (χ0v) is 8.23. The number of aliphatic hydroxyl groups excluding tert-OH is 1. The molecule has 1 aliphatic heterocycles. The van der Waals surface area contributed by atoms with Crippen molar-refractivity contribution in [2.24, 2.45) is 0 Å². The third-order valence-electron chi connectivity index (χ3n) is 2.72. The Hall–Kier alpha value is -1.06. The average molecular weight is 193 g/mol. The molecule has 2 atom stereocenters. The largest absolute Gasteiger partial charge is 0.496 e. The third-order valence-corrected chi connectivity index (χ3v) is 2.72. The maximum absolute atomic E-state index is 9.74. The first-order valence-corrected chi connectivity index (χ1v) is 4.84. The van der Waals surface area contributed by atoms with Crippen LogP contribution in [0.25, 0.3) is 0 Å². The minimum atomic E-state index is -0.300. The molecular formula is C11H15NO2. The molecule has 2 unspecified atom stereocenters. The summed E-state index contributed by atoms with van der Waals surface area (Å²) in [5.41, 5.74) is 1.09. The van der Waals surface area contributed by atoms with E-state index in [0.29, 0.717) is 6.54 Å². The van der Waals surface area contributed by atoms with Gasteiger partial charge in [-0.1, -0.05) is 18.2 Å². The number of benzene rings is 1. The summed E-state index contributed by atoms with van der Waals surface area (Å²) in [4.78, 5) is 0. The highest BCUT2D eigenvalue weighted by atomic mass is 16.5. The van der Waals surface area contributed by atoms with Crippen LogP contribution >= 0.6 is 0 Å². The van der Waals surface area contributed by atoms with Crippen LogP contribution in [-0.2, 0) is 0 Å². The standard InChI is InChI=1S/C11H15NO2/c1-14-11-5-3-2-4-8(11)9-6-12-7-10(9)13/h2-5,9-10,12-13H,6-7H2,1H3. The molecule has 14 heavy (non-hydrogen) atoms. The van der Waals surface area contributed by atoms with Gasteiger partial charge >= 0.3 is 0 Å². The molecule has 0 aliphatic carbocycles. The van der Waals surface area contributed by atoms with Gasteiger partial charge in [-0.15, -0.1) is 0 Å². The number of rotatable bonds is 2. The van der Waals surface area contributed by atoms with Gasteiger partial charge in [0.05, 0.1) is 13.2 Å².